The van der Waals surface area contributed by atoms with Gasteiger partial charge in [-0.15, -0.1) is 0 Å². The van der Waals surface area contributed by atoms with E-state index in [0.29, 0.717) is 22.7 Å². The summed E-state index contributed by atoms with van der Waals surface area (Å²) in [5.74, 6) is 1.19. The minimum atomic E-state index is -0.155. The van der Waals surface area contributed by atoms with Gasteiger partial charge in [-0.05, 0) is 29.7 Å². The summed E-state index contributed by atoms with van der Waals surface area (Å²) in [6, 6.07) is 12.1. The highest BCUT2D eigenvalue weighted by Crippen LogP contribution is 2.24. The number of rotatable bonds is 5. The average molecular weight is 279 g/mol. The quantitative estimate of drug-likeness (QED) is 0.479. The van der Waals surface area contributed by atoms with Crippen LogP contribution in [-0.2, 0) is 4.65 Å². The van der Waals surface area contributed by atoms with Crippen LogP contribution in [0.15, 0.2) is 42.5 Å². The number of carbonyl (C=O) groups excluding carboxylic acids is 1. The summed E-state index contributed by atoms with van der Waals surface area (Å²) in [5, 5.41) is 0. The molecule has 2 aromatic carbocycles. The Balaban J connectivity index is 2.24. The molecule has 0 fully saturated rings. The van der Waals surface area contributed by atoms with E-state index in [1.165, 1.54) is 0 Å². The van der Waals surface area contributed by atoms with Gasteiger partial charge in [0.25, 0.3) is 0 Å². The molecule has 0 N–H and O–H groups in total. The Morgan fingerprint density at radius 1 is 1.14 bits per heavy atom. The van der Waals surface area contributed by atoms with Crippen LogP contribution in [0.3, 0.4) is 0 Å². The van der Waals surface area contributed by atoms with E-state index in [0.717, 1.165) is 11.7 Å². The summed E-state index contributed by atoms with van der Waals surface area (Å²) in [4.78, 5) is 14.5. The number of carbonyl (C=O) groups is 1. The van der Waals surface area contributed by atoms with Crippen molar-refractivity contribution in [2.24, 2.45) is 0 Å². The van der Waals surface area contributed by atoms with E-state index in [2.05, 4.69) is 4.85 Å². The number of aldehydes is 1. The Hall–Kier alpha value is -2.58. The average Bonchev–Trinajstić information content (AvgIpc) is 2.54. The predicted octanol–water partition coefficient (Wildman–Crippen LogP) is 3.32. The molecule has 5 heteroatoms. The minimum Gasteiger partial charge on any atom is -0.457 e. The molecule has 21 heavy (non-hydrogen) atoms. The third-order valence-corrected chi connectivity index (χ3v) is 3.18. The van der Waals surface area contributed by atoms with Gasteiger partial charge < -0.3 is 9.39 Å². The first kappa shape index (κ1) is 14.8. The van der Waals surface area contributed by atoms with Crippen molar-refractivity contribution >= 4 is 24.4 Å². The van der Waals surface area contributed by atoms with Crippen molar-refractivity contribution in [3.8, 4) is 11.5 Å². The van der Waals surface area contributed by atoms with Gasteiger partial charge in [0, 0.05) is 12.7 Å². The Kier molecular flexibility index (Phi) is 4.75. The van der Waals surface area contributed by atoms with Crippen molar-refractivity contribution in [2.75, 3.05) is 7.11 Å². The second-order valence-electron chi connectivity index (χ2n) is 4.49. The molecular weight excluding hydrogens is 265 g/mol. The van der Waals surface area contributed by atoms with Crippen LogP contribution < -0.4 is 10.2 Å². The minimum absolute atomic E-state index is 0.155. The van der Waals surface area contributed by atoms with Gasteiger partial charge in [0.15, 0.2) is 5.69 Å². The standard InChI is InChI=1S/C16H14BNO3/c1-17(20-3)16-9-8-15(10-12(16)11-19)21-14-6-4-13(18-2)5-7-14/h4-11H,1,3H3. The lowest BCUT2D eigenvalue weighted by Crippen LogP contribution is -2.31. The zero-order chi connectivity index (χ0) is 15.2. The highest BCUT2D eigenvalue weighted by Gasteiger charge is 2.15. The molecule has 0 saturated carbocycles. The van der Waals surface area contributed by atoms with Crippen LogP contribution >= 0.6 is 0 Å². The lowest BCUT2D eigenvalue weighted by Gasteiger charge is -2.11. The SMILES string of the molecule is [C-]#[N+]c1ccc(Oc2ccc(B(C)OC)c(C=O)c2)cc1. The van der Waals surface area contributed by atoms with Gasteiger partial charge in [-0.1, -0.05) is 25.0 Å². The van der Waals surface area contributed by atoms with Crippen molar-refractivity contribution in [3.63, 3.8) is 0 Å². The second kappa shape index (κ2) is 6.73. The summed E-state index contributed by atoms with van der Waals surface area (Å²) < 4.78 is 10.9. The first-order valence-electron chi connectivity index (χ1n) is 6.45. The van der Waals surface area contributed by atoms with Crippen LogP contribution in [0.1, 0.15) is 10.4 Å². The fraction of sp³-hybridized carbons (Fsp3) is 0.125. The molecule has 0 aliphatic heterocycles. The Morgan fingerprint density at radius 2 is 1.81 bits per heavy atom. The van der Waals surface area contributed by atoms with Gasteiger partial charge in [-0.3, -0.25) is 4.79 Å². The van der Waals surface area contributed by atoms with E-state index in [-0.39, 0.29) is 6.92 Å². The smallest absolute Gasteiger partial charge is 0.323 e. The maximum Gasteiger partial charge on any atom is 0.323 e. The third kappa shape index (κ3) is 3.50. The van der Waals surface area contributed by atoms with Crippen LogP contribution in [-0.4, -0.2) is 20.3 Å². The molecular formula is C16H14BNO3. The lowest BCUT2D eigenvalue weighted by atomic mass is 9.62. The zero-order valence-electron chi connectivity index (χ0n) is 11.9. The molecule has 0 unspecified atom stereocenters. The van der Waals surface area contributed by atoms with E-state index in [1.807, 2.05) is 12.9 Å². The number of ether oxygens (including phenoxy) is 1. The van der Waals surface area contributed by atoms with Gasteiger partial charge in [-0.25, -0.2) is 4.85 Å². The molecule has 0 bridgehead atoms. The summed E-state index contributed by atoms with van der Waals surface area (Å²) >= 11 is 0. The largest absolute Gasteiger partial charge is 0.457 e. The van der Waals surface area contributed by atoms with Gasteiger partial charge >= 0.3 is 6.92 Å². The first-order valence-corrected chi connectivity index (χ1v) is 6.45. The van der Waals surface area contributed by atoms with Gasteiger partial charge in [0.2, 0.25) is 0 Å². The molecule has 0 heterocycles. The van der Waals surface area contributed by atoms with Crippen LogP contribution in [0.25, 0.3) is 4.85 Å². The highest BCUT2D eigenvalue weighted by molar-refractivity contribution is 6.67. The Labute approximate surface area is 124 Å². The summed E-state index contributed by atoms with van der Waals surface area (Å²) in [6.45, 7) is 8.63. The third-order valence-electron chi connectivity index (χ3n) is 3.18. The molecule has 0 aliphatic rings. The number of hydrogen-bond acceptors (Lipinski definition) is 3. The molecule has 2 aromatic rings. The molecule has 0 aromatic heterocycles. The maximum atomic E-state index is 11.2. The van der Waals surface area contributed by atoms with Crippen LogP contribution in [0, 0.1) is 6.57 Å². The summed E-state index contributed by atoms with van der Waals surface area (Å²) in [5.41, 5.74) is 1.92. The Bertz CT molecular complexity index is 677. The monoisotopic (exact) mass is 279 g/mol. The van der Waals surface area contributed by atoms with Crippen molar-refractivity contribution in [1.82, 2.24) is 0 Å². The van der Waals surface area contributed by atoms with Gasteiger partial charge in [-0.2, -0.15) is 0 Å². The van der Waals surface area contributed by atoms with Crippen LogP contribution in [0.5, 0.6) is 11.5 Å². The van der Waals surface area contributed by atoms with Crippen molar-refractivity contribution in [2.45, 2.75) is 6.82 Å². The highest BCUT2D eigenvalue weighted by atomic mass is 16.5. The van der Waals surface area contributed by atoms with Crippen molar-refractivity contribution < 1.29 is 14.2 Å². The molecule has 4 nitrogen and oxygen atoms in total. The molecule has 0 saturated heterocycles. The fourth-order valence-corrected chi connectivity index (χ4v) is 1.94. The summed E-state index contributed by atoms with van der Waals surface area (Å²) in [6.07, 6.45) is 0.791. The Morgan fingerprint density at radius 3 is 2.38 bits per heavy atom. The predicted molar refractivity (Wildman–Crippen MR) is 82.9 cm³/mol. The van der Waals surface area contributed by atoms with E-state index < -0.39 is 0 Å². The van der Waals surface area contributed by atoms with Crippen molar-refractivity contribution in [3.05, 3.63) is 59.4 Å². The van der Waals surface area contributed by atoms with E-state index in [1.54, 1.807) is 43.5 Å². The fourth-order valence-electron chi connectivity index (χ4n) is 1.94. The number of hydrogen-bond donors (Lipinski definition) is 0. The van der Waals surface area contributed by atoms with E-state index >= 15 is 0 Å². The van der Waals surface area contributed by atoms with E-state index in [4.69, 9.17) is 16.0 Å². The number of benzene rings is 2. The first-order chi connectivity index (χ1) is 10.2. The number of nitrogens with zero attached hydrogens (tertiary/aromatic N) is 1. The van der Waals surface area contributed by atoms with Crippen molar-refractivity contribution in [1.29, 1.82) is 0 Å². The normalized spacial score (nSPS) is 9.76. The molecule has 104 valence electrons. The summed E-state index contributed by atoms with van der Waals surface area (Å²) in [7, 11) is 1.60. The second-order valence-corrected chi connectivity index (χ2v) is 4.49. The lowest BCUT2D eigenvalue weighted by molar-refractivity contribution is 0.112. The molecule has 0 amide bonds. The van der Waals surface area contributed by atoms with Gasteiger partial charge in [0.1, 0.15) is 17.8 Å². The molecule has 0 aliphatic carbocycles. The molecule has 2 rings (SSSR count). The zero-order valence-corrected chi connectivity index (χ0v) is 11.9. The van der Waals surface area contributed by atoms with Gasteiger partial charge in [0.05, 0.1) is 6.57 Å². The molecule has 0 atom stereocenters. The maximum absolute atomic E-state index is 11.2. The van der Waals surface area contributed by atoms with Crippen LogP contribution in [0.4, 0.5) is 5.69 Å². The molecule has 0 spiro atoms. The van der Waals surface area contributed by atoms with Crippen LogP contribution in [0.2, 0.25) is 6.82 Å². The molecule has 0 radical (unpaired) electrons. The topological polar surface area (TPSA) is 39.9 Å². The van der Waals surface area contributed by atoms with E-state index in [9.17, 15) is 4.79 Å².